The molecule has 82 valence electrons. The molecule has 1 aromatic heterocycles. The monoisotopic (exact) mass is 235 g/mol. The van der Waals surface area contributed by atoms with Crippen LogP contribution in [0.25, 0.3) is 10.9 Å². The van der Waals surface area contributed by atoms with Crippen molar-refractivity contribution >= 4 is 28.5 Å². The van der Waals surface area contributed by atoms with Crippen molar-refractivity contribution in [3.8, 4) is 0 Å². The van der Waals surface area contributed by atoms with Crippen molar-refractivity contribution < 1.29 is 9.90 Å². The minimum Gasteiger partial charge on any atom is -0.478 e. The summed E-state index contributed by atoms with van der Waals surface area (Å²) < 4.78 is 0. The number of halogens is 1. The molecule has 3 nitrogen and oxygen atoms in total. The van der Waals surface area contributed by atoms with E-state index in [0.717, 1.165) is 11.1 Å². The molecule has 0 saturated heterocycles. The highest BCUT2D eigenvalue weighted by molar-refractivity contribution is 6.35. The zero-order valence-corrected chi connectivity index (χ0v) is 9.67. The Balaban J connectivity index is 2.84. The number of rotatable bonds is 1. The average molecular weight is 236 g/mol. The fourth-order valence-corrected chi connectivity index (χ4v) is 2.00. The zero-order chi connectivity index (χ0) is 11.9. The van der Waals surface area contributed by atoms with Gasteiger partial charge in [0.15, 0.2) is 0 Å². The SMILES string of the molecule is Cc1cc(Cl)c2cc(C)c(C(=O)O)cc2n1. The van der Waals surface area contributed by atoms with Gasteiger partial charge in [-0.2, -0.15) is 0 Å². The number of hydrogen-bond acceptors (Lipinski definition) is 2. The van der Waals surface area contributed by atoms with Gasteiger partial charge in [-0.1, -0.05) is 11.6 Å². The fraction of sp³-hybridized carbons (Fsp3) is 0.167. The summed E-state index contributed by atoms with van der Waals surface area (Å²) in [5.41, 5.74) is 2.35. The lowest BCUT2D eigenvalue weighted by atomic mass is 10.0. The van der Waals surface area contributed by atoms with Crippen molar-refractivity contribution in [1.29, 1.82) is 0 Å². The molecule has 0 aliphatic carbocycles. The van der Waals surface area contributed by atoms with Gasteiger partial charge in [0.1, 0.15) is 0 Å². The van der Waals surface area contributed by atoms with Crippen LogP contribution in [0.15, 0.2) is 18.2 Å². The quantitative estimate of drug-likeness (QED) is 0.826. The molecule has 0 unspecified atom stereocenters. The van der Waals surface area contributed by atoms with E-state index >= 15 is 0 Å². The summed E-state index contributed by atoms with van der Waals surface area (Å²) in [6.07, 6.45) is 0. The van der Waals surface area contributed by atoms with Crippen LogP contribution in [-0.4, -0.2) is 16.1 Å². The highest BCUT2D eigenvalue weighted by atomic mass is 35.5. The predicted octanol–water partition coefficient (Wildman–Crippen LogP) is 3.20. The molecule has 1 aromatic carbocycles. The van der Waals surface area contributed by atoms with E-state index in [1.165, 1.54) is 0 Å². The van der Waals surface area contributed by atoms with Gasteiger partial charge < -0.3 is 5.11 Å². The van der Waals surface area contributed by atoms with Crippen LogP contribution in [0.3, 0.4) is 0 Å². The van der Waals surface area contributed by atoms with Crippen LogP contribution < -0.4 is 0 Å². The number of aromatic nitrogens is 1. The number of hydrogen-bond donors (Lipinski definition) is 1. The van der Waals surface area contributed by atoms with Crippen LogP contribution >= 0.6 is 11.6 Å². The lowest BCUT2D eigenvalue weighted by Crippen LogP contribution is -2.00. The number of carbonyl (C=O) groups is 1. The maximum Gasteiger partial charge on any atom is 0.336 e. The largest absolute Gasteiger partial charge is 0.478 e. The first kappa shape index (κ1) is 10.9. The normalized spacial score (nSPS) is 10.7. The van der Waals surface area contributed by atoms with E-state index in [9.17, 15) is 4.79 Å². The van der Waals surface area contributed by atoms with Crippen molar-refractivity contribution in [3.63, 3.8) is 0 Å². The molecule has 1 N–H and O–H groups in total. The molecule has 0 spiro atoms. The van der Waals surface area contributed by atoms with Crippen molar-refractivity contribution in [1.82, 2.24) is 4.98 Å². The van der Waals surface area contributed by atoms with E-state index in [-0.39, 0.29) is 5.56 Å². The van der Waals surface area contributed by atoms with Gasteiger partial charge >= 0.3 is 5.97 Å². The van der Waals surface area contributed by atoms with Gasteiger partial charge in [0, 0.05) is 11.1 Å². The second kappa shape index (κ2) is 3.76. The lowest BCUT2D eigenvalue weighted by Gasteiger charge is -2.06. The summed E-state index contributed by atoms with van der Waals surface area (Å²) in [6, 6.07) is 5.09. The molecule has 0 aliphatic heterocycles. The van der Waals surface area contributed by atoms with Crippen LogP contribution in [-0.2, 0) is 0 Å². The Bertz CT molecular complexity index is 593. The molecule has 2 rings (SSSR count). The summed E-state index contributed by atoms with van der Waals surface area (Å²) in [4.78, 5) is 15.2. The minimum atomic E-state index is -0.946. The second-order valence-corrected chi connectivity index (χ2v) is 4.14. The van der Waals surface area contributed by atoms with Crippen LogP contribution in [0.4, 0.5) is 0 Å². The molecule has 0 radical (unpaired) electrons. The number of aryl methyl sites for hydroxylation is 2. The average Bonchev–Trinajstić information content (AvgIpc) is 2.18. The van der Waals surface area contributed by atoms with E-state index in [1.54, 1.807) is 25.1 Å². The van der Waals surface area contributed by atoms with Gasteiger partial charge in [-0.15, -0.1) is 0 Å². The Labute approximate surface area is 97.7 Å². The Morgan fingerprint density at radius 3 is 2.62 bits per heavy atom. The third-order valence-corrected chi connectivity index (χ3v) is 2.78. The van der Waals surface area contributed by atoms with Crippen molar-refractivity contribution in [2.75, 3.05) is 0 Å². The summed E-state index contributed by atoms with van der Waals surface area (Å²) in [5.74, 6) is -0.946. The molecule has 0 bridgehead atoms. The van der Waals surface area contributed by atoms with E-state index in [4.69, 9.17) is 16.7 Å². The topological polar surface area (TPSA) is 50.2 Å². The van der Waals surface area contributed by atoms with Crippen LogP contribution in [0, 0.1) is 13.8 Å². The molecular formula is C12H10ClNO2. The second-order valence-electron chi connectivity index (χ2n) is 3.73. The van der Waals surface area contributed by atoms with Gasteiger partial charge in [-0.3, -0.25) is 4.98 Å². The third-order valence-electron chi connectivity index (χ3n) is 2.46. The summed E-state index contributed by atoms with van der Waals surface area (Å²) >= 11 is 6.08. The molecule has 0 amide bonds. The molecule has 16 heavy (non-hydrogen) atoms. The third kappa shape index (κ3) is 1.74. The van der Waals surface area contributed by atoms with E-state index in [1.807, 2.05) is 6.92 Å². The highest BCUT2D eigenvalue weighted by Gasteiger charge is 2.11. The molecule has 0 saturated carbocycles. The first-order chi connectivity index (χ1) is 7.49. The number of nitrogens with zero attached hydrogens (tertiary/aromatic N) is 1. The molecule has 0 fully saturated rings. The van der Waals surface area contributed by atoms with Gasteiger partial charge in [-0.05, 0) is 37.6 Å². The molecular weight excluding hydrogens is 226 g/mol. The molecule has 4 heteroatoms. The van der Waals surface area contributed by atoms with Crippen LogP contribution in [0.2, 0.25) is 5.02 Å². The maximum atomic E-state index is 11.0. The summed E-state index contributed by atoms with van der Waals surface area (Å²) in [6.45, 7) is 3.57. The van der Waals surface area contributed by atoms with Crippen molar-refractivity contribution in [2.24, 2.45) is 0 Å². The van der Waals surface area contributed by atoms with Gasteiger partial charge in [0.2, 0.25) is 0 Å². The number of carboxylic acids is 1. The first-order valence-electron chi connectivity index (χ1n) is 4.80. The number of carboxylic acid groups (broad SMARTS) is 1. The number of pyridine rings is 1. The van der Waals surface area contributed by atoms with Crippen LogP contribution in [0.5, 0.6) is 0 Å². The van der Waals surface area contributed by atoms with E-state index < -0.39 is 5.97 Å². The van der Waals surface area contributed by atoms with Gasteiger partial charge in [0.05, 0.1) is 16.1 Å². The standard InChI is InChI=1S/C12H10ClNO2/c1-6-3-9-10(13)4-7(2)14-11(9)5-8(6)12(15)16/h3-5H,1-2H3,(H,15,16). The first-order valence-corrected chi connectivity index (χ1v) is 5.17. The summed E-state index contributed by atoms with van der Waals surface area (Å²) in [7, 11) is 0. The Kier molecular flexibility index (Phi) is 2.56. The molecule has 0 atom stereocenters. The van der Waals surface area contributed by atoms with E-state index in [0.29, 0.717) is 16.1 Å². The molecule has 0 aliphatic rings. The highest BCUT2D eigenvalue weighted by Crippen LogP contribution is 2.26. The lowest BCUT2D eigenvalue weighted by molar-refractivity contribution is 0.0696. The molecule has 1 heterocycles. The van der Waals surface area contributed by atoms with Gasteiger partial charge in [-0.25, -0.2) is 4.79 Å². The summed E-state index contributed by atoms with van der Waals surface area (Å²) in [5, 5.41) is 10.4. The van der Waals surface area contributed by atoms with Crippen molar-refractivity contribution in [3.05, 3.63) is 40.0 Å². The number of fused-ring (bicyclic) bond motifs is 1. The Morgan fingerprint density at radius 1 is 1.31 bits per heavy atom. The maximum absolute atomic E-state index is 11.0. The zero-order valence-electron chi connectivity index (χ0n) is 8.91. The Hall–Kier alpha value is -1.61. The molecule has 2 aromatic rings. The minimum absolute atomic E-state index is 0.265. The van der Waals surface area contributed by atoms with Crippen LogP contribution in [0.1, 0.15) is 21.6 Å². The predicted molar refractivity (Wildman–Crippen MR) is 63.2 cm³/mol. The number of aromatic carboxylic acids is 1. The Morgan fingerprint density at radius 2 is 2.00 bits per heavy atom. The van der Waals surface area contributed by atoms with Gasteiger partial charge in [0.25, 0.3) is 0 Å². The fourth-order valence-electron chi connectivity index (χ4n) is 1.69. The number of benzene rings is 1. The smallest absolute Gasteiger partial charge is 0.336 e. The van der Waals surface area contributed by atoms with E-state index in [2.05, 4.69) is 4.98 Å². The van der Waals surface area contributed by atoms with Crippen molar-refractivity contribution in [2.45, 2.75) is 13.8 Å².